The normalized spacial score (nSPS) is 11.8. The fourth-order valence-electron chi connectivity index (χ4n) is 3.08. The summed E-state index contributed by atoms with van der Waals surface area (Å²) < 4.78 is 1.80. The molecule has 3 rings (SSSR count). The Morgan fingerprint density at radius 1 is 1.21 bits per heavy atom. The van der Waals surface area contributed by atoms with Gasteiger partial charge in [-0.05, 0) is 51.0 Å². The summed E-state index contributed by atoms with van der Waals surface area (Å²) >= 11 is 0. The van der Waals surface area contributed by atoms with Gasteiger partial charge in [0.1, 0.15) is 5.82 Å². The van der Waals surface area contributed by atoms with Crippen LogP contribution in [-0.2, 0) is 13.5 Å². The first-order valence-corrected chi connectivity index (χ1v) is 9.44. The van der Waals surface area contributed by atoms with Crippen molar-refractivity contribution in [2.24, 2.45) is 7.05 Å². The Morgan fingerprint density at radius 2 is 2.07 bits per heavy atom. The van der Waals surface area contributed by atoms with Crippen LogP contribution < -0.4 is 10.6 Å². The molecular weight excluding hydrogens is 352 g/mol. The number of rotatable bonds is 8. The number of carbonyl (C=O) groups is 1. The standard InChI is InChI=1S/C21H26N6O/c1-15(19-14-27(3)26-16(19)2)25-20-10-9-17(13-24-20)21(28)23-12-6-8-18-7-4-5-11-22-18/h4-5,7,9-11,13-15H,6,8,12H2,1-3H3,(H,23,28)(H,24,25)/t15-/m0/s1. The summed E-state index contributed by atoms with van der Waals surface area (Å²) in [6, 6.07) is 9.55. The van der Waals surface area contributed by atoms with Crippen molar-refractivity contribution in [3.63, 3.8) is 0 Å². The highest BCUT2D eigenvalue weighted by Gasteiger charge is 2.12. The predicted octanol–water partition coefficient (Wildman–Crippen LogP) is 3.05. The van der Waals surface area contributed by atoms with E-state index in [2.05, 4.69) is 32.6 Å². The Labute approximate surface area is 165 Å². The lowest BCUT2D eigenvalue weighted by atomic mass is 10.1. The van der Waals surface area contributed by atoms with E-state index in [4.69, 9.17) is 0 Å². The number of amides is 1. The lowest BCUT2D eigenvalue weighted by Crippen LogP contribution is -2.25. The molecule has 0 saturated carbocycles. The van der Waals surface area contributed by atoms with Crippen molar-refractivity contribution in [1.82, 2.24) is 25.1 Å². The molecule has 0 aliphatic rings. The Balaban J connectivity index is 1.48. The first-order valence-electron chi connectivity index (χ1n) is 9.44. The second-order valence-electron chi connectivity index (χ2n) is 6.82. The van der Waals surface area contributed by atoms with Crippen LogP contribution >= 0.6 is 0 Å². The minimum absolute atomic E-state index is 0.0764. The van der Waals surface area contributed by atoms with Crippen molar-refractivity contribution in [1.29, 1.82) is 0 Å². The minimum Gasteiger partial charge on any atom is -0.363 e. The molecular formula is C21H26N6O. The molecule has 3 aromatic rings. The summed E-state index contributed by atoms with van der Waals surface area (Å²) in [7, 11) is 1.91. The van der Waals surface area contributed by atoms with E-state index in [9.17, 15) is 4.79 Å². The van der Waals surface area contributed by atoms with Crippen LogP contribution in [0.25, 0.3) is 0 Å². The molecule has 146 valence electrons. The van der Waals surface area contributed by atoms with Crippen LogP contribution in [0.4, 0.5) is 5.82 Å². The number of hydrogen-bond donors (Lipinski definition) is 2. The Hall–Kier alpha value is -3.22. The van der Waals surface area contributed by atoms with E-state index in [0.717, 1.165) is 35.6 Å². The molecule has 28 heavy (non-hydrogen) atoms. The van der Waals surface area contributed by atoms with Gasteiger partial charge in [-0.1, -0.05) is 6.07 Å². The molecule has 0 radical (unpaired) electrons. The maximum atomic E-state index is 12.3. The molecule has 0 aliphatic heterocycles. The van der Waals surface area contributed by atoms with Gasteiger partial charge in [0.25, 0.3) is 5.91 Å². The molecule has 7 nitrogen and oxygen atoms in total. The van der Waals surface area contributed by atoms with Crippen LogP contribution in [-0.4, -0.2) is 32.2 Å². The smallest absolute Gasteiger partial charge is 0.252 e. The number of nitrogens with one attached hydrogen (secondary N) is 2. The zero-order valence-electron chi connectivity index (χ0n) is 16.5. The predicted molar refractivity (Wildman–Crippen MR) is 109 cm³/mol. The van der Waals surface area contributed by atoms with E-state index in [-0.39, 0.29) is 11.9 Å². The lowest BCUT2D eigenvalue weighted by Gasteiger charge is -2.14. The summed E-state index contributed by atoms with van der Waals surface area (Å²) in [5.41, 5.74) is 3.70. The average Bonchev–Trinajstić information content (AvgIpc) is 3.04. The van der Waals surface area contributed by atoms with Crippen LogP contribution in [0.2, 0.25) is 0 Å². The van der Waals surface area contributed by atoms with Crippen molar-refractivity contribution in [2.45, 2.75) is 32.7 Å². The van der Waals surface area contributed by atoms with E-state index in [1.165, 1.54) is 0 Å². The molecule has 1 atom stereocenters. The zero-order valence-corrected chi connectivity index (χ0v) is 16.5. The Kier molecular flexibility index (Phi) is 6.37. The SMILES string of the molecule is Cc1nn(C)cc1[C@H](C)Nc1ccc(C(=O)NCCCc2ccccn2)cn1. The summed E-state index contributed by atoms with van der Waals surface area (Å²) in [5.74, 6) is 0.610. The summed E-state index contributed by atoms with van der Waals surface area (Å²) in [6.07, 6.45) is 7.07. The molecule has 0 saturated heterocycles. The van der Waals surface area contributed by atoms with Gasteiger partial charge in [-0.25, -0.2) is 4.98 Å². The molecule has 3 aromatic heterocycles. The van der Waals surface area contributed by atoms with Gasteiger partial charge in [0.2, 0.25) is 0 Å². The highest BCUT2D eigenvalue weighted by molar-refractivity contribution is 5.94. The lowest BCUT2D eigenvalue weighted by molar-refractivity contribution is 0.0953. The average molecular weight is 378 g/mol. The van der Waals surface area contributed by atoms with Crippen molar-refractivity contribution in [3.8, 4) is 0 Å². The van der Waals surface area contributed by atoms with Gasteiger partial charge in [0.05, 0.1) is 17.3 Å². The Morgan fingerprint density at radius 3 is 2.71 bits per heavy atom. The molecule has 0 spiro atoms. The third-order valence-electron chi connectivity index (χ3n) is 4.53. The number of pyridine rings is 2. The van der Waals surface area contributed by atoms with E-state index in [0.29, 0.717) is 12.1 Å². The Bertz CT molecular complexity index is 904. The molecule has 1 amide bonds. The van der Waals surface area contributed by atoms with Crippen LogP contribution in [0.5, 0.6) is 0 Å². The van der Waals surface area contributed by atoms with Crippen LogP contribution in [0.3, 0.4) is 0 Å². The summed E-state index contributed by atoms with van der Waals surface area (Å²) in [5, 5.41) is 10.6. The van der Waals surface area contributed by atoms with Crippen molar-refractivity contribution >= 4 is 11.7 Å². The molecule has 0 aliphatic carbocycles. The zero-order chi connectivity index (χ0) is 19.9. The highest BCUT2D eigenvalue weighted by atomic mass is 16.1. The van der Waals surface area contributed by atoms with Gasteiger partial charge in [0, 0.05) is 43.4 Å². The molecule has 0 aromatic carbocycles. The first-order chi connectivity index (χ1) is 13.5. The molecule has 0 bridgehead atoms. The van der Waals surface area contributed by atoms with Crippen LogP contribution in [0.15, 0.2) is 48.9 Å². The number of nitrogens with zero attached hydrogens (tertiary/aromatic N) is 4. The minimum atomic E-state index is -0.115. The van der Waals surface area contributed by atoms with Crippen molar-refractivity contribution in [3.05, 3.63) is 71.4 Å². The number of aryl methyl sites for hydroxylation is 3. The second kappa shape index (κ2) is 9.12. The molecule has 0 unspecified atom stereocenters. The quantitative estimate of drug-likeness (QED) is 0.589. The van der Waals surface area contributed by atoms with Gasteiger partial charge in [-0.3, -0.25) is 14.5 Å². The van der Waals surface area contributed by atoms with Gasteiger partial charge in [-0.15, -0.1) is 0 Å². The number of carbonyl (C=O) groups excluding carboxylic acids is 1. The maximum Gasteiger partial charge on any atom is 0.252 e. The van der Waals surface area contributed by atoms with E-state index in [1.807, 2.05) is 44.4 Å². The van der Waals surface area contributed by atoms with Crippen LogP contribution in [0.1, 0.15) is 46.7 Å². The first kappa shape index (κ1) is 19.5. The maximum absolute atomic E-state index is 12.3. The van der Waals surface area contributed by atoms with Crippen molar-refractivity contribution < 1.29 is 4.79 Å². The fraction of sp³-hybridized carbons (Fsp3) is 0.333. The fourth-order valence-corrected chi connectivity index (χ4v) is 3.08. The van der Waals surface area contributed by atoms with E-state index < -0.39 is 0 Å². The molecule has 7 heteroatoms. The van der Waals surface area contributed by atoms with Crippen LogP contribution in [0, 0.1) is 6.92 Å². The second-order valence-corrected chi connectivity index (χ2v) is 6.82. The number of hydrogen-bond acceptors (Lipinski definition) is 5. The van der Waals surface area contributed by atoms with E-state index in [1.54, 1.807) is 23.1 Å². The largest absolute Gasteiger partial charge is 0.363 e. The monoisotopic (exact) mass is 378 g/mol. The number of anilines is 1. The highest BCUT2D eigenvalue weighted by Crippen LogP contribution is 2.20. The van der Waals surface area contributed by atoms with Gasteiger partial charge < -0.3 is 10.6 Å². The molecule has 3 heterocycles. The molecule has 0 fully saturated rings. The third kappa shape index (κ3) is 5.16. The van der Waals surface area contributed by atoms with Crippen molar-refractivity contribution in [2.75, 3.05) is 11.9 Å². The topological polar surface area (TPSA) is 84.7 Å². The van der Waals surface area contributed by atoms with Gasteiger partial charge in [0.15, 0.2) is 0 Å². The van der Waals surface area contributed by atoms with Gasteiger partial charge >= 0.3 is 0 Å². The summed E-state index contributed by atoms with van der Waals surface area (Å²) in [4.78, 5) is 20.9. The van der Waals surface area contributed by atoms with Gasteiger partial charge in [-0.2, -0.15) is 5.10 Å². The third-order valence-corrected chi connectivity index (χ3v) is 4.53. The molecule has 2 N–H and O–H groups in total. The number of aromatic nitrogens is 4. The summed E-state index contributed by atoms with van der Waals surface area (Å²) in [6.45, 7) is 4.66. The van der Waals surface area contributed by atoms with E-state index >= 15 is 0 Å².